The number of carbonyl (C=O) groups is 2. The molecule has 2 N–H and O–H groups in total. The van der Waals surface area contributed by atoms with Crippen molar-refractivity contribution in [2.24, 2.45) is 0 Å². The third-order valence-electron chi connectivity index (χ3n) is 3.52. The maximum atomic E-state index is 12.3. The molecular weight excluding hydrogens is 260 g/mol. The zero-order valence-corrected chi connectivity index (χ0v) is 12.6. The van der Waals surface area contributed by atoms with E-state index in [0.717, 1.165) is 19.4 Å². The molecule has 1 fully saturated rings. The van der Waals surface area contributed by atoms with Crippen molar-refractivity contribution in [3.05, 3.63) is 0 Å². The van der Waals surface area contributed by atoms with Crippen LogP contribution >= 0.6 is 0 Å². The van der Waals surface area contributed by atoms with E-state index in [1.54, 1.807) is 4.90 Å². The topological polar surface area (TPSA) is 78.9 Å². The number of urea groups is 1. The summed E-state index contributed by atoms with van der Waals surface area (Å²) in [4.78, 5) is 24.6. The van der Waals surface area contributed by atoms with Crippen molar-refractivity contribution in [2.45, 2.75) is 58.0 Å². The van der Waals surface area contributed by atoms with Crippen molar-refractivity contribution in [1.29, 1.82) is 0 Å². The summed E-state index contributed by atoms with van der Waals surface area (Å²) in [5, 5.41) is 11.7. The number of nitrogens with zero attached hydrogens (tertiary/aromatic N) is 1. The molecule has 6 nitrogen and oxygen atoms in total. The molecule has 20 heavy (non-hydrogen) atoms. The highest BCUT2D eigenvalue weighted by atomic mass is 16.5. The van der Waals surface area contributed by atoms with Crippen LogP contribution in [0, 0.1) is 0 Å². The van der Waals surface area contributed by atoms with Gasteiger partial charge in [-0.15, -0.1) is 0 Å². The summed E-state index contributed by atoms with van der Waals surface area (Å²) in [6.07, 6.45) is 2.39. The molecule has 116 valence electrons. The summed E-state index contributed by atoms with van der Waals surface area (Å²) in [6, 6.07) is -0.102. The maximum absolute atomic E-state index is 12.3. The molecule has 0 aromatic heterocycles. The third-order valence-corrected chi connectivity index (χ3v) is 3.52. The predicted octanol–water partition coefficient (Wildman–Crippen LogP) is 1.84. The van der Waals surface area contributed by atoms with E-state index in [1.807, 2.05) is 20.8 Å². The normalized spacial score (nSPS) is 22.6. The van der Waals surface area contributed by atoms with Crippen LogP contribution in [-0.4, -0.2) is 53.3 Å². The Morgan fingerprint density at radius 1 is 1.45 bits per heavy atom. The van der Waals surface area contributed by atoms with Gasteiger partial charge in [0.15, 0.2) is 0 Å². The first-order valence-corrected chi connectivity index (χ1v) is 7.22. The molecule has 1 aliphatic heterocycles. The lowest BCUT2D eigenvalue weighted by atomic mass is 9.95. The predicted molar refractivity (Wildman–Crippen MR) is 75.7 cm³/mol. The van der Waals surface area contributed by atoms with Crippen molar-refractivity contribution in [2.75, 3.05) is 19.8 Å². The van der Waals surface area contributed by atoms with E-state index >= 15 is 0 Å². The summed E-state index contributed by atoms with van der Waals surface area (Å²) in [6.45, 7) is 7.57. The van der Waals surface area contributed by atoms with Crippen LogP contribution in [0.25, 0.3) is 0 Å². The van der Waals surface area contributed by atoms with Crippen LogP contribution < -0.4 is 5.32 Å². The van der Waals surface area contributed by atoms with E-state index in [9.17, 15) is 9.59 Å². The number of hydrogen-bond acceptors (Lipinski definition) is 3. The Bertz CT molecular complexity index is 338. The Balaban J connectivity index is 2.52. The van der Waals surface area contributed by atoms with Gasteiger partial charge >= 0.3 is 12.0 Å². The van der Waals surface area contributed by atoms with Crippen LogP contribution in [0.5, 0.6) is 0 Å². The minimum atomic E-state index is -0.832. The fourth-order valence-electron chi connectivity index (χ4n) is 2.36. The number of amides is 2. The maximum Gasteiger partial charge on any atom is 0.318 e. The molecule has 0 spiro atoms. The number of rotatable bonds is 6. The smallest absolute Gasteiger partial charge is 0.318 e. The second kappa shape index (κ2) is 7.47. The lowest BCUT2D eigenvalue weighted by Gasteiger charge is -2.37. The van der Waals surface area contributed by atoms with Crippen LogP contribution in [0.4, 0.5) is 4.79 Å². The summed E-state index contributed by atoms with van der Waals surface area (Å²) >= 11 is 0. The second-order valence-corrected chi connectivity index (χ2v) is 5.93. The fourth-order valence-corrected chi connectivity index (χ4v) is 2.36. The molecule has 0 radical (unpaired) electrons. The van der Waals surface area contributed by atoms with Crippen LogP contribution in [0.15, 0.2) is 0 Å². The number of aliphatic carboxylic acids is 1. The molecule has 0 aliphatic carbocycles. The SMILES string of the molecule is CC(C)N(CCCC(=O)O)C(=O)NC1(C)CCCOC1. The van der Waals surface area contributed by atoms with Crippen molar-refractivity contribution < 1.29 is 19.4 Å². The van der Waals surface area contributed by atoms with Gasteiger partial charge in [0.1, 0.15) is 0 Å². The molecule has 0 aromatic rings. The monoisotopic (exact) mass is 286 g/mol. The molecule has 1 saturated heterocycles. The zero-order valence-electron chi connectivity index (χ0n) is 12.6. The second-order valence-electron chi connectivity index (χ2n) is 5.93. The zero-order chi connectivity index (χ0) is 15.2. The third kappa shape index (κ3) is 5.36. The van der Waals surface area contributed by atoms with Crippen molar-refractivity contribution in [3.8, 4) is 0 Å². The Kier molecular flexibility index (Phi) is 6.26. The van der Waals surface area contributed by atoms with Crippen molar-refractivity contribution in [3.63, 3.8) is 0 Å². The van der Waals surface area contributed by atoms with E-state index in [2.05, 4.69) is 5.32 Å². The molecule has 1 unspecified atom stereocenters. The first-order chi connectivity index (χ1) is 9.34. The first-order valence-electron chi connectivity index (χ1n) is 7.22. The van der Waals surface area contributed by atoms with Crippen LogP contribution in [-0.2, 0) is 9.53 Å². The number of hydrogen-bond donors (Lipinski definition) is 2. The van der Waals surface area contributed by atoms with Gasteiger partial charge in [0.25, 0.3) is 0 Å². The fraction of sp³-hybridized carbons (Fsp3) is 0.857. The number of carbonyl (C=O) groups excluding carboxylic acids is 1. The first kappa shape index (κ1) is 16.8. The molecule has 2 amide bonds. The molecule has 6 heteroatoms. The van der Waals surface area contributed by atoms with Gasteiger partial charge in [-0.25, -0.2) is 4.79 Å². The summed E-state index contributed by atoms with van der Waals surface area (Å²) in [5.74, 6) is -0.832. The molecule has 0 saturated carbocycles. The Labute approximate surface area is 120 Å². The Morgan fingerprint density at radius 2 is 2.15 bits per heavy atom. The van der Waals surface area contributed by atoms with Crippen molar-refractivity contribution in [1.82, 2.24) is 10.2 Å². The summed E-state index contributed by atoms with van der Waals surface area (Å²) in [5.41, 5.74) is -0.324. The average molecular weight is 286 g/mol. The van der Waals surface area contributed by atoms with Gasteiger partial charge in [-0.1, -0.05) is 0 Å². The van der Waals surface area contributed by atoms with Crippen LogP contribution in [0.3, 0.4) is 0 Å². The molecule has 1 rings (SSSR count). The lowest BCUT2D eigenvalue weighted by Crippen LogP contribution is -2.56. The highest BCUT2D eigenvalue weighted by Gasteiger charge is 2.31. The van der Waals surface area contributed by atoms with Gasteiger partial charge in [-0.3, -0.25) is 4.79 Å². The van der Waals surface area contributed by atoms with Crippen LogP contribution in [0.1, 0.15) is 46.5 Å². The minimum absolute atomic E-state index is 0.0388. The molecule has 1 heterocycles. The number of carboxylic acids is 1. The van der Waals surface area contributed by atoms with Crippen molar-refractivity contribution >= 4 is 12.0 Å². The Morgan fingerprint density at radius 3 is 2.65 bits per heavy atom. The van der Waals surface area contributed by atoms with E-state index in [4.69, 9.17) is 9.84 Å². The molecule has 0 bridgehead atoms. The van der Waals surface area contributed by atoms with Gasteiger partial charge in [0.05, 0.1) is 12.1 Å². The van der Waals surface area contributed by atoms with Crippen LogP contribution in [0.2, 0.25) is 0 Å². The van der Waals surface area contributed by atoms with E-state index in [-0.39, 0.29) is 24.0 Å². The van der Waals surface area contributed by atoms with Gasteiger partial charge in [0.2, 0.25) is 0 Å². The summed E-state index contributed by atoms with van der Waals surface area (Å²) < 4.78 is 5.43. The summed E-state index contributed by atoms with van der Waals surface area (Å²) in [7, 11) is 0. The number of nitrogens with one attached hydrogen (secondary N) is 1. The quantitative estimate of drug-likeness (QED) is 0.781. The van der Waals surface area contributed by atoms with E-state index < -0.39 is 5.97 Å². The average Bonchev–Trinajstić information content (AvgIpc) is 2.33. The number of carboxylic acid groups (broad SMARTS) is 1. The van der Waals surface area contributed by atoms with E-state index in [1.165, 1.54) is 0 Å². The largest absolute Gasteiger partial charge is 0.481 e. The van der Waals surface area contributed by atoms with E-state index in [0.29, 0.717) is 19.6 Å². The Hall–Kier alpha value is -1.30. The van der Waals surface area contributed by atoms with Gasteiger partial charge in [0, 0.05) is 25.6 Å². The van der Waals surface area contributed by atoms with Gasteiger partial charge in [-0.2, -0.15) is 0 Å². The lowest BCUT2D eigenvalue weighted by molar-refractivity contribution is -0.137. The number of ether oxygens (including phenoxy) is 1. The van der Waals surface area contributed by atoms with Gasteiger partial charge in [-0.05, 0) is 40.0 Å². The highest BCUT2D eigenvalue weighted by Crippen LogP contribution is 2.19. The molecular formula is C14H26N2O4. The molecule has 0 aromatic carbocycles. The minimum Gasteiger partial charge on any atom is -0.481 e. The molecule has 1 aliphatic rings. The standard InChI is InChI=1S/C14H26N2O4/c1-11(2)16(8-4-6-12(17)18)13(19)15-14(3)7-5-9-20-10-14/h11H,4-10H2,1-3H3,(H,15,19)(H,17,18). The molecule has 1 atom stereocenters. The van der Waals surface area contributed by atoms with Gasteiger partial charge < -0.3 is 20.1 Å². The highest BCUT2D eigenvalue weighted by molar-refractivity contribution is 5.75.